The largest absolute Gasteiger partial charge is 0.324 e. The van der Waals surface area contributed by atoms with Crippen LogP contribution in [0.3, 0.4) is 0 Å². The standard InChI is InChI=1S/C20H16BrN5O4/c1-11(27)12-5-7-14(8-6-12)22-16(28)10-25-18-17(23-24-25)19(29)26(20(18)30)15-4-2-3-13(21)9-15/h2-9,17-18H,10H2,1H3,(H,22,28)/t17-,18+/m1/s1. The van der Waals surface area contributed by atoms with Crippen molar-refractivity contribution < 1.29 is 19.2 Å². The normalized spacial score (nSPS) is 19.9. The molecule has 1 fully saturated rings. The SMILES string of the molecule is CC(=O)c1ccc(NC(=O)CN2N=N[C@H]3C(=O)N(c4cccc(Br)c4)C(=O)[C@H]32)cc1. The molecule has 0 saturated carbocycles. The summed E-state index contributed by atoms with van der Waals surface area (Å²) < 4.78 is 0.728. The molecule has 2 aliphatic rings. The van der Waals surface area contributed by atoms with E-state index in [0.717, 1.165) is 9.37 Å². The first kappa shape index (κ1) is 19.9. The Morgan fingerprint density at radius 3 is 2.50 bits per heavy atom. The van der Waals surface area contributed by atoms with Crippen LogP contribution in [0.2, 0.25) is 0 Å². The van der Waals surface area contributed by atoms with Crippen molar-refractivity contribution >= 4 is 50.8 Å². The van der Waals surface area contributed by atoms with Gasteiger partial charge in [-0.25, -0.2) is 4.90 Å². The Morgan fingerprint density at radius 1 is 1.10 bits per heavy atom. The zero-order valence-electron chi connectivity index (χ0n) is 15.8. The topological polar surface area (TPSA) is 112 Å². The van der Waals surface area contributed by atoms with E-state index in [1.54, 1.807) is 48.5 Å². The molecule has 0 bridgehead atoms. The number of fused-ring (bicyclic) bond motifs is 1. The number of hydrogen-bond acceptors (Lipinski definition) is 7. The van der Waals surface area contributed by atoms with E-state index in [1.165, 1.54) is 11.9 Å². The molecular formula is C20H16BrN5O4. The number of Topliss-reactive ketones (excluding diaryl/α,β-unsaturated/α-hetero) is 1. The second-order valence-electron chi connectivity index (χ2n) is 6.87. The molecule has 0 radical (unpaired) electrons. The highest BCUT2D eigenvalue weighted by Gasteiger charge is 2.55. The first-order valence-corrected chi connectivity index (χ1v) is 9.86. The Kier molecular flexibility index (Phi) is 5.17. The number of carbonyl (C=O) groups is 4. The van der Waals surface area contributed by atoms with Crippen molar-refractivity contribution in [1.29, 1.82) is 0 Å². The number of halogens is 1. The average molecular weight is 470 g/mol. The third-order valence-electron chi connectivity index (χ3n) is 4.81. The number of benzene rings is 2. The number of anilines is 2. The molecule has 2 atom stereocenters. The van der Waals surface area contributed by atoms with E-state index in [2.05, 4.69) is 31.6 Å². The summed E-state index contributed by atoms with van der Waals surface area (Å²) >= 11 is 3.33. The third-order valence-corrected chi connectivity index (χ3v) is 5.30. The van der Waals surface area contributed by atoms with E-state index in [0.29, 0.717) is 16.9 Å². The third kappa shape index (κ3) is 3.61. The van der Waals surface area contributed by atoms with Gasteiger partial charge in [0.25, 0.3) is 11.8 Å². The molecule has 30 heavy (non-hydrogen) atoms. The molecule has 9 nitrogen and oxygen atoms in total. The molecule has 2 heterocycles. The summed E-state index contributed by atoms with van der Waals surface area (Å²) in [6.07, 6.45) is 0. The van der Waals surface area contributed by atoms with Gasteiger partial charge < -0.3 is 5.32 Å². The molecular weight excluding hydrogens is 454 g/mol. The lowest BCUT2D eigenvalue weighted by atomic mass is 10.1. The Balaban J connectivity index is 1.46. The molecule has 0 aromatic heterocycles. The molecule has 1 N–H and O–H groups in total. The average Bonchev–Trinajstić information content (AvgIpc) is 3.22. The summed E-state index contributed by atoms with van der Waals surface area (Å²) in [6, 6.07) is 11.3. The van der Waals surface area contributed by atoms with Crippen LogP contribution in [0.5, 0.6) is 0 Å². The minimum absolute atomic E-state index is 0.0733. The van der Waals surface area contributed by atoms with Gasteiger partial charge in [-0.1, -0.05) is 27.2 Å². The molecule has 2 aromatic carbocycles. The molecule has 152 valence electrons. The summed E-state index contributed by atoms with van der Waals surface area (Å²) in [5.74, 6) is -1.46. The van der Waals surface area contributed by atoms with Crippen LogP contribution < -0.4 is 10.2 Å². The Hall–Kier alpha value is -3.40. The number of rotatable bonds is 5. The van der Waals surface area contributed by atoms with Gasteiger partial charge in [0, 0.05) is 15.7 Å². The van der Waals surface area contributed by atoms with Crippen molar-refractivity contribution in [1.82, 2.24) is 5.01 Å². The number of imide groups is 1. The Bertz CT molecular complexity index is 1080. The van der Waals surface area contributed by atoms with Gasteiger partial charge in [0.2, 0.25) is 5.91 Å². The van der Waals surface area contributed by atoms with Gasteiger partial charge in [0.05, 0.1) is 5.69 Å². The van der Waals surface area contributed by atoms with Crippen LogP contribution in [-0.4, -0.2) is 47.1 Å². The van der Waals surface area contributed by atoms with Gasteiger partial charge in [-0.3, -0.25) is 24.2 Å². The zero-order chi connectivity index (χ0) is 21.4. The number of amides is 3. The van der Waals surface area contributed by atoms with Crippen molar-refractivity contribution in [2.24, 2.45) is 10.3 Å². The summed E-state index contributed by atoms with van der Waals surface area (Å²) in [6.45, 7) is 1.21. The van der Waals surface area contributed by atoms with Crippen molar-refractivity contribution in [3.63, 3.8) is 0 Å². The highest BCUT2D eigenvalue weighted by molar-refractivity contribution is 9.10. The minimum Gasteiger partial charge on any atom is -0.324 e. The molecule has 3 amide bonds. The maximum absolute atomic E-state index is 12.9. The number of ketones is 1. The number of carbonyl (C=O) groups excluding carboxylic acids is 4. The number of hydrogen-bond donors (Lipinski definition) is 1. The summed E-state index contributed by atoms with van der Waals surface area (Å²) in [7, 11) is 0. The van der Waals surface area contributed by atoms with Gasteiger partial charge in [-0.05, 0) is 49.4 Å². The fourth-order valence-corrected chi connectivity index (χ4v) is 3.75. The minimum atomic E-state index is -0.973. The van der Waals surface area contributed by atoms with Crippen LogP contribution in [0.4, 0.5) is 11.4 Å². The molecule has 0 unspecified atom stereocenters. The lowest BCUT2D eigenvalue weighted by Gasteiger charge is -2.20. The van der Waals surface area contributed by atoms with E-state index in [4.69, 9.17) is 0 Å². The van der Waals surface area contributed by atoms with Crippen molar-refractivity contribution in [3.05, 3.63) is 58.6 Å². The fraction of sp³-hybridized carbons (Fsp3) is 0.200. The summed E-state index contributed by atoms with van der Waals surface area (Å²) in [5, 5.41) is 11.7. The molecule has 1 saturated heterocycles. The quantitative estimate of drug-likeness (QED) is 0.534. The number of nitrogens with zero attached hydrogens (tertiary/aromatic N) is 4. The predicted octanol–water partition coefficient (Wildman–Crippen LogP) is 2.58. The molecule has 4 rings (SSSR count). The van der Waals surface area contributed by atoms with Crippen LogP contribution in [0.25, 0.3) is 0 Å². The second-order valence-corrected chi connectivity index (χ2v) is 7.78. The smallest absolute Gasteiger partial charge is 0.263 e. The van der Waals surface area contributed by atoms with Crippen molar-refractivity contribution in [3.8, 4) is 0 Å². The first-order chi connectivity index (χ1) is 14.3. The lowest BCUT2D eigenvalue weighted by Crippen LogP contribution is -2.43. The lowest BCUT2D eigenvalue weighted by molar-refractivity contribution is -0.123. The zero-order valence-corrected chi connectivity index (χ0v) is 17.4. The molecule has 2 aliphatic heterocycles. The number of nitrogens with one attached hydrogen (secondary N) is 1. The van der Waals surface area contributed by atoms with E-state index in [1.807, 2.05) is 0 Å². The van der Waals surface area contributed by atoms with Crippen LogP contribution in [0.1, 0.15) is 17.3 Å². The highest BCUT2D eigenvalue weighted by Crippen LogP contribution is 2.32. The summed E-state index contributed by atoms with van der Waals surface area (Å²) in [4.78, 5) is 50.5. The Morgan fingerprint density at radius 2 is 1.83 bits per heavy atom. The van der Waals surface area contributed by atoms with E-state index in [-0.39, 0.29) is 12.3 Å². The first-order valence-electron chi connectivity index (χ1n) is 9.07. The molecule has 2 aromatic rings. The molecule has 0 spiro atoms. The maximum Gasteiger partial charge on any atom is 0.263 e. The van der Waals surface area contributed by atoms with Gasteiger partial charge in [-0.15, -0.1) is 0 Å². The second kappa shape index (κ2) is 7.79. The maximum atomic E-state index is 12.9. The van der Waals surface area contributed by atoms with Gasteiger partial charge >= 0.3 is 0 Å². The van der Waals surface area contributed by atoms with E-state index in [9.17, 15) is 19.2 Å². The van der Waals surface area contributed by atoms with Gasteiger partial charge in [0.1, 0.15) is 6.54 Å². The highest BCUT2D eigenvalue weighted by atomic mass is 79.9. The van der Waals surface area contributed by atoms with Crippen LogP contribution in [0.15, 0.2) is 63.3 Å². The Labute approximate surface area is 179 Å². The molecule has 10 heteroatoms. The van der Waals surface area contributed by atoms with E-state index < -0.39 is 29.8 Å². The van der Waals surface area contributed by atoms with Gasteiger partial charge in [-0.2, -0.15) is 5.11 Å². The van der Waals surface area contributed by atoms with Gasteiger partial charge in [0.15, 0.2) is 17.9 Å². The predicted molar refractivity (Wildman–Crippen MR) is 111 cm³/mol. The van der Waals surface area contributed by atoms with Crippen molar-refractivity contribution in [2.45, 2.75) is 19.0 Å². The van der Waals surface area contributed by atoms with E-state index >= 15 is 0 Å². The monoisotopic (exact) mass is 469 g/mol. The van der Waals surface area contributed by atoms with Crippen molar-refractivity contribution in [2.75, 3.05) is 16.8 Å². The van der Waals surface area contributed by atoms with Crippen LogP contribution in [-0.2, 0) is 14.4 Å². The molecule has 0 aliphatic carbocycles. The fourth-order valence-electron chi connectivity index (χ4n) is 3.36. The van der Waals surface area contributed by atoms with Crippen LogP contribution >= 0.6 is 15.9 Å². The van der Waals surface area contributed by atoms with Crippen LogP contribution in [0, 0.1) is 0 Å². The summed E-state index contributed by atoms with van der Waals surface area (Å²) in [5.41, 5.74) is 1.47.